The Morgan fingerprint density at radius 3 is 2.25 bits per heavy atom. The second-order valence-corrected chi connectivity index (χ2v) is 15.0. The van der Waals surface area contributed by atoms with Gasteiger partial charge in [0.2, 0.25) is 0 Å². The Hall–Kier alpha value is -0.903. The molecule has 0 amide bonds. The van der Waals surface area contributed by atoms with Crippen molar-refractivity contribution in [1.82, 2.24) is 4.98 Å². The molecule has 2 atom stereocenters. The number of nitrogens with one attached hydrogen (secondary N) is 1. The average molecular weight is 402 g/mol. The van der Waals surface area contributed by atoms with Crippen molar-refractivity contribution in [2.24, 2.45) is 0 Å². The maximum absolute atomic E-state index is 5.86. The van der Waals surface area contributed by atoms with Crippen LogP contribution < -0.4 is 4.98 Å². The first-order valence-corrected chi connectivity index (χ1v) is 13.9. The fraction of sp³-hybridized carbons (Fsp3) is 0.680. The van der Waals surface area contributed by atoms with E-state index < -0.39 is 8.24 Å². The zero-order valence-electron chi connectivity index (χ0n) is 19.6. The van der Waals surface area contributed by atoms with Gasteiger partial charge in [-0.3, -0.25) is 0 Å². The first kappa shape index (κ1) is 23.4. The molecule has 2 nitrogen and oxygen atoms in total. The molecule has 0 spiro atoms. The number of allylic oxidation sites excluding steroid dienone is 2. The first-order valence-electron chi connectivity index (χ1n) is 11.1. The number of hydrogen-bond donors (Lipinski definition) is 1. The summed E-state index contributed by atoms with van der Waals surface area (Å²) >= 11 is 0. The van der Waals surface area contributed by atoms with E-state index in [1.54, 1.807) is 5.56 Å². The number of fused-ring (bicyclic) bond motifs is 1. The molecule has 3 heteroatoms. The van der Waals surface area contributed by atoms with Crippen molar-refractivity contribution >= 4 is 13.8 Å². The number of hydrogen-bond acceptors (Lipinski definition) is 2. The van der Waals surface area contributed by atoms with Gasteiger partial charge in [0.15, 0.2) is 0 Å². The SMILES string of the molecule is CC1=CC([Si](C)(CCCCCCOC(C)(C)C)NC(C)(C)C)c2ccccc21. The molecule has 158 valence electrons. The topological polar surface area (TPSA) is 21.3 Å². The van der Waals surface area contributed by atoms with Crippen LogP contribution in [0.2, 0.25) is 12.6 Å². The first-order chi connectivity index (χ1) is 12.9. The van der Waals surface area contributed by atoms with Crippen molar-refractivity contribution in [3.63, 3.8) is 0 Å². The van der Waals surface area contributed by atoms with E-state index >= 15 is 0 Å². The quantitative estimate of drug-likeness (QED) is 0.353. The summed E-state index contributed by atoms with van der Waals surface area (Å²) in [5.74, 6) is 0. The Morgan fingerprint density at radius 1 is 0.964 bits per heavy atom. The molecule has 1 N–H and O–H groups in total. The Balaban J connectivity index is 1.99. The van der Waals surface area contributed by atoms with E-state index in [1.807, 2.05) is 0 Å². The zero-order chi connectivity index (χ0) is 21.0. The maximum Gasteiger partial charge on any atom is 0.134 e. The van der Waals surface area contributed by atoms with Crippen LogP contribution in [0.4, 0.5) is 0 Å². The minimum Gasteiger partial charge on any atom is -0.376 e. The monoisotopic (exact) mass is 401 g/mol. The van der Waals surface area contributed by atoms with Gasteiger partial charge < -0.3 is 9.72 Å². The summed E-state index contributed by atoms with van der Waals surface area (Å²) < 4.78 is 5.86. The van der Waals surface area contributed by atoms with Gasteiger partial charge in [0.25, 0.3) is 0 Å². The normalized spacial score (nSPS) is 19.3. The summed E-state index contributed by atoms with van der Waals surface area (Å²) in [6.45, 7) is 19.1. The lowest BCUT2D eigenvalue weighted by Crippen LogP contribution is -2.59. The molecular weight excluding hydrogens is 358 g/mol. The molecule has 1 aliphatic rings. The van der Waals surface area contributed by atoms with E-state index in [0.29, 0.717) is 5.54 Å². The van der Waals surface area contributed by atoms with Crippen LogP contribution in [0.3, 0.4) is 0 Å². The smallest absolute Gasteiger partial charge is 0.134 e. The van der Waals surface area contributed by atoms with Crippen LogP contribution in [0.1, 0.15) is 90.8 Å². The summed E-state index contributed by atoms with van der Waals surface area (Å²) in [6.07, 6.45) is 7.61. The van der Waals surface area contributed by atoms with E-state index in [-0.39, 0.29) is 11.1 Å². The molecule has 2 unspecified atom stereocenters. The van der Waals surface area contributed by atoms with Gasteiger partial charge in [0, 0.05) is 17.7 Å². The van der Waals surface area contributed by atoms with Gasteiger partial charge in [0.1, 0.15) is 8.24 Å². The molecule has 2 rings (SSSR count). The van der Waals surface area contributed by atoms with Gasteiger partial charge >= 0.3 is 0 Å². The van der Waals surface area contributed by atoms with E-state index in [1.165, 1.54) is 42.9 Å². The van der Waals surface area contributed by atoms with E-state index in [0.717, 1.165) is 6.61 Å². The third kappa shape index (κ3) is 6.86. The summed E-state index contributed by atoms with van der Waals surface area (Å²) in [6, 6.07) is 10.4. The summed E-state index contributed by atoms with van der Waals surface area (Å²) in [5, 5.41) is 0. The lowest BCUT2D eigenvalue weighted by molar-refractivity contribution is -0.00471. The minimum atomic E-state index is -1.70. The van der Waals surface area contributed by atoms with Crippen molar-refractivity contribution < 1.29 is 4.74 Å². The molecule has 28 heavy (non-hydrogen) atoms. The summed E-state index contributed by atoms with van der Waals surface area (Å²) in [4.78, 5) is 4.13. The number of rotatable bonds is 9. The van der Waals surface area contributed by atoms with Gasteiger partial charge in [-0.25, -0.2) is 0 Å². The summed E-state index contributed by atoms with van der Waals surface area (Å²) in [5.41, 5.74) is 5.18. The largest absolute Gasteiger partial charge is 0.376 e. The van der Waals surface area contributed by atoms with Crippen molar-refractivity contribution in [3.8, 4) is 0 Å². The van der Waals surface area contributed by atoms with Crippen LogP contribution in [-0.4, -0.2) is 26.0 Å². The fourth-order valence-electron chi connectivity index (χ4n) is 4.56. The molecule has 0 heterocycles. The van der Waals surface area contributed by atoms with E-state index in [2.05, 4.69) is 90.3 Å². The Kier molecular flexibility index (Phi) is 7.74. The molecule has 1 aliphatic carbocycles. The highest BCUT2D eigenvalue weighted by Gasteiger charge is 2.41. The van der Waals surface area contributed by atoms with Crippen molar-refractivity contribution in [3.05, 3.63) is 41.5 Å². The predicted octanol–water partition coefficient (Wildman–Crippen LogP) is 7.07. The zero-order valence-corrected chi connectivity index (χ0v) is 20.6. The van der Waals surface area contributed by atoms with Crippen molar-refractivity contribution in [2.45, 2.75) is 103 Å². The molecule has 0 fully saturated rings. The van der Waals surface area contributed by atoms with Crippen LogP contribution in [0, 0.1) is 0 Å². The Bertz CT molecular complexity index is 668. The fourth-order valence-corrected chi connectivity index (χ4v) is 9.41. The molecule has 0 bridgehead atoms. The third-order valence-electron chi connectivity index (χ3n) is 5.61. The number of unbranched alkanes of at least 4 members (excludes halogenated alkanes) is 3. The molecule has 0 saturated heterocycles. The second-order valence-electron chi connectivity index (χ2n) is 10.8. The van der Waals surface area contributed by atoms with Crippen molar-refractivity contribution in [2.75, 3.05) is 6.61 Å². The van der Waals surface area contributed by atoms with Crippen LogP contribution >= 0.6 is 0 Å². The average Bonchev–Trinajstić information content (AvgIpc) is 2.90. The lowest BCUT2D eigenvalue weighted by Gasteiger charge is -2.40. The molecule has 1 aromatic rings. The lowest BCUT2D eigenvalue weighted by atomic mass is 10.1. The highest BCUT2D eigenvalue weighted by atomic mass is 28.3. The molecule has 0 saturated carbocycles. The van der Waals surface area contributed by atoms with E-state index in [4.69, 9.17) is 4.74 Å². The van der Waals surface area contributed by atoms with Gasteiger partial charge in [0.05, 0.1) is 5.60 Å². The predicted molar refractivity (Wildman–Crippen MR) is 126 cm³/mol. The summed E-state index contributed by atoms with van der Waals surface area (Å²) in [7, 11) is -1.70. The third-order valence-corrected chi connectivity index (χ3v) is 10.2. The van der Waals surface area contributed by atoms with Gasteiger partial charge in [-0.15, -0.1) is 0 Å². The van der Waals surface area contributed by atoms with Crippen LogP contribution in [0.25, 0.3) is 5.57 Å². The second kappa shape index (κ2) is 9.28. The highest BCUT2D eigenvalue weighted by molar-refractivity contribution is 6.78. The van der Waals surface area contributed by atoms with Gasteiger partial charge in [-0.05, 0) is 77.6 Å². The molecule has 0 aromatic heterocycles. The molecule has 0 aliphatic heterocycles. The van der Waals surface area contributed by atoms with E-state index in [9.17, 15) is 0 Å². The van der Waals surface area contributed by atoms with Crippen molar-refractivity contribution in [1.29, 1.82) is 0 Å². The molecule has 1 aromatic carbocycles. The molecule has 0 radical (unpaired) electrons. The Morgan fingerprint density at radius 2 is 1.61 bits per heavy atom. The van der Waals surface area contributed by atoms with Crippen LogP contribution in [0.15, 0.2) is 30.3 Å². The van der Waals surface area contributed by atoms with Gasteiger partial charge in [-0.1, -0.05) is 56.2 Å². The van der Waals surface area contributed by atoms with Crippen LogP contribution in [0.5, 0.6) is 0 Å². The standard InChI is InChI=1S/C25H43NOSi/c1-20-19-23(22-16-12-11-15-21(20)22)28(8,26-24(2,3)4)18-14-10-9-13-17-27-25(5,6)7/h11-12,15-16,19,23,26H,9-10,13-14,17-18H2,1-8H3. The Labute approximate surface area is 175 Å². The number of ether oxygens (including phenoxy) is 1. The molecular formula is C25H43NOSi. The highest BCUT2D eigenvalue weighted by Crippen LogP contribution is 2.42. The minimum absolute atomic E-state index is 0.0117. The number of benzene rings is 1. The van der Waals surface area contributed by atoms with Crippen LogP contribution in [-0.2, 0) is 4.74 Å². The maximum atomic E-state index is 5.86. The van der Waals surface area contributed by atoms with Gasteiger partial charge in [-0.2, -0.15) is 0 Å².